The Morgan fingerprint density at radius 3 is 1.41 bits per heavy atom. The van der Waals surface area contributed by atoms with Crippen LogP contribution in [0.4, 0.5) is 0 Å². The van der Waals surface area contributed by atoms with E-state index in [2.05, 4.69) is 124 Å². The molecule has 0 aromatic heterocycles. The Labute approximate surface area is 239 Å². The number of hydrogen-bond acceptors (Lipinski definition) is 0. The van der Waals surface area contributed by atoms with Crippen LogP contribution in [0.3, 0.4) is 0 Å². The van der Waals surface area contributed by atoms with Crippen molar-refractivity contribution < 1.29 is 50.7 Å². The van der Waals surface area contributed by atoms with Gasteiger partial charge in [0.15, 0.2) is 0 Å². The van der Waals surface area contributed by atoms with Crippen LogP contribution in [0, 0.1) is 26.0 Å². The Balaban J connectivity index is 0.000000283. The summed E-state index contributed by atoms with van der Waals surface area (Å²) in [7, 11) is 1.08. The number of hydrogen-bond donors (Lipinski definition) is 0. The van der Waals surface area contributed by atoms with E-state index in [4.69, 9.17) is 0 Å². The van der Waals surface area contributed by atoms with Crippen LogP contribution in [0.25, 0.3) is 0 Å². The number of allylic oxidation sites excluding steroid dienone is 10. The van der Waals surface area contributed by atoms with E-state index in [0.29, 0.717) is 11.8 Å². The van der Waals surface area contributed by atoms with Gasteiger partial charge in [-0.1, -0.05) is 60.7 Å². The zero-order chi connectivity index (χ0) is 21.8. The van der Waals surface area contributed by atoms with Crippen LogP contribution >= 0.6 is 0 Å². The Morgan fingerprint density at radius 1 is 0.647 bits per heavy atom. The molecule has 0 saturated carbocycles. The van der Waals surface area contributed by atoms with E-state index in [0.717, 1.165) is 9.52 Å². The summed E-state index contributed by atoms with van der Waals surface area (Å²) in [5.74, 6) is 0.909. The summed E-state index contributed by atoms with van der Waals surface area (Å²) in [5, 5.41) is 0. The molecule has 0 spiro atoms. The van der Waals surface area contributed by atoms with Crippen molar-refractivity contribution in [3.05, 3.63) is 142 Å². The molecule has 6 rings (SSSR count). The van der Waals surface area contributed by atoms with Gasteiger partial charge in [-0.05, 0) is 25.7 Å². The SMILES string of the molecule is C[Si]C.Cc1ccc2c(c1)[C-]=C1C=CC=CC12.Cc1ccc2c(c1)[C-]=C1C=CC=CC12.[Cl-].[Cl-].[Hf+4]. The van der Waals surface area contributed by atoms with E-state index >= 15 is 0 Å². The van der Waals surface area contributed by atoms with Gasteiger partial charge in [-0.2, -0.15) is 0 Å². The monoisotopic (exact) mass is 666 g/mol. The van der Waals surface area contributed by atoms with Gasteiger partial charge in [-0.3, -0.25) is 0 Å². The predicted octanol–water partition coefficient (Wildman–Crippen LogP) is 1.38. The summed E-state index contributed by atoms with van der Waals surface area (Å²) in [6, 6.07) is 13.2. The molecule has 0 bridgehead atoms. The third kappa shape index (κ3) is 6.82. The largest absolute Gasteiger partial charge is 4.00 e. The van der Waals surface area contributed by atoms with Crippen molar-refractivity contribution >= 4 is 9.52 Å². The summed E-state index contributed by atoms with van der Waals surface area (Å²) in [6.45, 7) is 8.56. The number of aryl methyl sites for hydroxylation is 2. The molecule has 0 aliphatic heterocycles. The standard InChI is InChI=1S/2C14H11.C2H6Si.2ClH.Hf/c2*1-10-6-7-14-12(8-10)9-11-4-2-3-5-13(11)14;1-3-2;;;/h2*2-8,13H,1H3;1-2H3;2*1H;/q2*-1;;;;+4/p-2. The fourth-order valence-electron chi connectivity index (χ4n) is 4.28. The van der Waals surface area contributed by atoms with Crippen LogP contribution in [0.2, 0.25) is 13.1 Å². The normalized spacial score (nSPS) is 18.5. The van der Waals surface area contributed by atoms with Crippen molar-refractivity contribution in [3.8, 4) is 0 Å². The first-order valence-corrected chi connectivity index (χ1v) is 12.9. The van der Waals surface area contributed by atoms with Crippen LogP contribution < -0.4 is 24.8 Å². The molecule has 0 nitrogen and oxygen atoms in total. The Kier molecular flexibility index (Phi) is 12.8. The third-order valence-corrected chi connectivity index (χ3v) is 5.70. The summed E-state index contributed by atoms with van der Waals surface area (Å²) < 4.78 is 0. The van der Waals surface area contributed by atoms with Crippen LogP contribution in [0.5, 0.6) is 0 Å². The van der Waals surface area contributed by atoms with Crippen molar-refractivity contribution in [1.82, 2.24) is 0 Å². The second kappa shape index (κ2) is 14.2. The molecule has 34 heavy (non-hydrogen) atoms. The smallest absolute Gasteiger partial charge is 1.00 e. The molecule has 0 saturated heterocycles. The molecule has 2 aromatic carbocycles. The molecule has 0 fully saturated rings. The molecule has 4 aliphatic carbocycles. The Hall–Kier alpha value is -1.45. The van der Waals surface area contributed by atoms with Crippen molar-refractivity contribution in [3.63, 3.8) is 0 Å². The molecular weight excluding hydrogens is 638 g/mol. The van der Waals surface area contributed by atoms with Gasteiger partial charge < -0.3 is 24.8 Å². The molecule has 170 valence electrons. The maximum Gasteiger partial charge on any atom is 4.00 e. The first-order valence-electron chi connectivity index (χ1n) is 10.9. The van der Waals surface area contributed by atoms with Crippen molar-refractivity contribution in [2.24, 2.45) is 0 Å². The molecule has 0 heterocycles. The molecule has 2 atom stereocenters. The summed E-state index contributed by atoms with van der Waals surface area (Å²) in [6.07, 6.45) is 24.1. The minimum Gasteiger partial charge on any atom is -1.00 e. The van der Waals surface area contributed by atoms with Crippen molar-refractivity contribution in [2.75, 3.05) is 0 Å². The van der Waals surface area contributed by atoms with Gasteiger partial charge in [0.25, 0.3) is 0 Å². The fourth-order valence-corrected chi connectivity index (χ4v) is 4.28. The molecule has 4 heteroatoms. The molecule has 4 aliphatic rings. The van der Waals surface area contributed by atoms with Gasteiger partial charge >= 0.3 is 25.8 Å². The van der Waals surface area contributed by atoms with E-state index in [1.165, 1.54) is 44.5 Å². The second-order valence-electron chi connectivity index (χ2n) is 8.29. The van der Waals surface area contributed by atoms with Crippen LogP contribution in [0.15, 0.2) is 96.2 Å². The van der Waals surface area contributed by atoms with Crippen molar-refractivity contribution in [2.45, 2.75) is 38.8 Å². The maximum atomic E-state index is 3.46. The van der Waals surface area contributed by atoms with Gasteiger partial charge in [-0.25, -0.2) is 0 Å². The summed E-state index contributed by atoms with van der Waals surface area (Å²) in [4.78, 5) is 0. The maximum absolute atomic E-state index is 3.46. The second-order valence-corrected chi connectivity index (χ2v) is 9.29. The van der Waals surface area contributed by atoms with E-state index in [9.17, 15) is 0 Å². The first-order chi connectivity index (χ1) is 15.1. The Morgan fingerprint density at radius 2 is 1.03 bits per heavy atom. The first kappa shape index (κ1) is 30.6. The quantitative estimate of drug-likeness (QED) is 0.295. The van der Waals surface area contributed by atoms with Crippen molar-refractivity contribution in [1.29, 1.82) is 0 Å². The minimum absolute atomic E-state index is 0. The van der Waals surface area contributed by atoms with E-state index in [-0.39, 0.29) is 50.7 Å². The van der Waals surface area contributed by atoms with Gasteiger partial charge in [0.05, 0.1) is 0 Å². The van der Waals surface area contributed by atoms with Crippen LogP contribution in [-0.2, 0) is 25.8 Å². The minimum atomic E-state index is 0. The number of halogens is 2. The zero-order valence-corrected chi connectivity index (χ0v) is 26.1. The van der Waals surface area contributed by atoms with Crippen LogP contribution in [-0.4, -0.2) is 9.52 Å². The summed E-state index contributed by atoms with van der Waals surface area (Å²) >= 11 is 0. The van der Waals surface area contributed by atoms with Gasteiger partial charge in [0.2, 0.25) is 0 Å². The van der Waals surface area contributed by atoms with Gasteiger partial charge in [0, 0.05) is 9.52 Å². The van der Waals surface area contributed by atoms with Gasteiger partial charge in [-0.15, -0.1) is 94.1 Å². The summed E-state index contributed by atoms with van der Waals surface area (Å²) in [5.41, 5.74) is 10.5. The zero-order valence-electron chi connectivity index (χ0n) is 20.0. The van der Waals surface area contributed by atoms with E-state index < -0.39 is 0 Å². The molecule has 2 unspecified atom stereocenters. The number of rotatable bonds is 0. The Bertz CT molecular complexity index is 1080. The average Bonchev–Trinajstić information content (AvgIpc) is 3.31. The topological polar surface area (TPSA) is 0 Å². The molecule has 2 aromatic rings. The molecule has 0 amide bonds. The molecular formula is C30H28Cl2HfSi. The van der Waals surface area contributed by atoms with Gasteiger partial charge in [0.1, 0.15) is 0 Å². The van der Waals surface area contributed by atoms with E-state index in [1.54, 1.807) is 0 Å². The predicted molar refractivity (Wildman–Crippen MR) is 134 cm³/mol. The number of fused-ring (bicyclic) bond motifs is 6. The third-order valence-electron chi connectivity index (χ3n) is 5.70. The molecule has 0 N–H and O–H groups in total. The number of benzene rings is 2. The van der Waals surface area contributed by atoms with E-state index in [1.807, 2.05) is 0 Å². The molecule has 2 radical (unpaired) electrons. The van der Waals surface area contributed by atoms with Crippen LogP contribution in [0.1, 0.15) is 45.2 Å². The fraction of sp³-hybridized carbons (Fsp3) is 0.200. The average molecular weight is 666 g/mol.